The highest BCUT2D eigenvalue weighted by molar-refractivity contribution is 14.0. The van der Waals surface area contributed by atoms with Gasteiger partial charge in [-0.25, -0.2) is 0 Å². The van der Waals surface area contributed by atoms with Crippen LogP contribution < -0.4 is 10.6 Å². The molecule has 2 N–H and O–H groups in total. The molecule has 0 radical (unpaired) electrons. The van der Waals surface area contributed by atoms with Gasteiger partial charge in [0, 0.05) is 31.5 Å². The van der Waals surface area contributed by atoms with E-state index >= 15 is 0 Å². The van der Waals surface area contributed by atoms with Gasteiger partial charge in [0.25, 0.3) is 0 Å². The zero-order chi connectivity index (χ0) is 16.5. The van der Waals surface area contributed by atoms with Gasteiger partial charge in [0.05, 0.1) is 0 Å². The normalized spacial score (nSPS) is 16.5. The number of nitrogens with zero attached hydrogens (tertiary/aromatic N) is 2. The predicted octanol–water partition coefficient (Wildman–Crippen LogP) is 4.08. The van der Waals surface area contributed by atoms with E-state index < -0.39 is 0 Å². The second kappa shape index (κ2) is 10.9. The van der Waals surface area contributed by atoms with Gasteiger partial charge >= 0.3 is 0 Å². The Hall–Kier alpha value is -0.850. The summed E-state index contributed by atoms with van der Waals surface area (Å²) in [6, 6.07) is 4.22. The molecule has 24 heavy (non-hydrogen) atoms. The van der Waals surface area contributed by atoms with E-state index in [-0.39, 0.29) is 24.0 Å². The quantitative estimate of drug-likeness (QED) is 0.379. The number of halogens is 1. The molecule has 5 heteroatoms. The zero-order valence-corrected chi connectivity index (χ0v) is 17.7. The van der Waals surface area contributed by atoms with E-state index in [9.17, 15) is 0 Å². The minimum Gasteiger partial charge on any atom is -0.357 e. The van der Waals surface area contributed by atoms with Crippen LogP contribution in [0, 0.1) is 12.3 Å². The van der Waals surface area contributed by atoms with Crippen molar-refractivity contribution < 1.29 is 0 Å². The van der Waals surface area contributed by atoms with Crippen LogP contribution in [-0.2, 0) is 6.42 Å². The second-order valence-electron chi connectivity index (χ2n) is 6.74. The van der Waals surface area contributed by atoms with E-state index in [1.54, 1.807) is 0 Å². The Morgan fingerprint density at radius 1 is 1.21 bits per heavy atom. The summed E-state index contributed by atoms with van der Waals surface area (Å²) in [6.45, 7) is 9.18. The molecule has 0 amide bonds. The summed E-state index contributed by atoms with van der Waals surface area (Å²) in [4.78, 5) is 9.21. The predicted molar refractivity (Wildman–Crippen MR) is 113 cm³/mol. The average Bonchev–Trinajstić information content (AvgIpc) is 3.04. The van der Waals surface area contributed by atoms with Crippen molar-refractivity contribution in [3.05, 3.63) is 29.6 Å². The molecule has 0 aliphatic heterocycles. The van der Waals surface area contributed by atoms with E-state index in [1.807, 2.05) is 13.1 Å². The van der Waals surface area contributed by atoms with Gasteiger partial charge in [-0.2, -0.15) is 0 Å². The summed E-state index contributed by atoms with van der Waals surface area (Å²) >= 11 is 0. The van der Waals surface area contributed by atoms with Gasteiger partial charge in [0.15, 0.2) is 5.96 Å². The molecule has 0 atom stereocenters. The molecule has 1 saturated carbocycles. The molecule has 0 unspecified atom stereocenters. The maximum Gasteiger partial charge on any atom is 0.191 e. The molecule has 0 bridgehead atoms. The van der Waals surface area contributed by atoms with Crippen molar-refractivity contribution in [2.45, 2.75) is 59.3 Å². The Balaban J connectivity index is 0.00000288. The van der Waals surface area contributed by atoms with Gasteiger partial charge in [0.1, 0.15) is 0 Å². The van der Waals surface area contributed by atoms with Crippen LogP contribution in [0.25, 0.3) is 0 Å². The van der Waals surface area contributed by atoms with Gasteiger partial charge in [-0.3, -0.25) is 9.98 Å². The fourth-order valence-electron chi connectivity index (χ4n) is 3.31. The summed E-state index contributed by atoms with van der Waals surface area (Å²) in [5.41, 5.74) is 2.78. The monoisotopic (exact) mass is 444 g/mol. The Bertz CT molecular complexity index is 493. The number of hydrogen-bond acceptors (Lipinski definition) is 2. The van der Waals surface area contributed by atoms with Gasteiger partial charge in [-0.1, -0.05) is 25.8 Å². The van der Waals surface area contributed by atoms with E-state index in [4.69, 9.17) is 4.99 Å². The Kier molecular flexibility index (Phi) is 9.63. The minimum atomic E-state index is 0. The van der Waals surface area contributed by atoms with Crippen LogP contribution in [0.15, 0.2) is 23.3 Å². The molecule has 1 aliphatic rings. The smallest absolute Gasteiger partial charge is 0.191 e. The highest BCUT2D eigenvalue weighted by Crippen LogP contribution is 2.41. The standard InChI is InChI=1S/C19H32N4.HI/c1-4-19(11-6-7-12-19)15-23-18(20-5-2)21-13-10-17-9-8-16(3)22-14-17;/h8-9,14H,4-7,10-13,15H2,1-3H3,(H2,20,21,23);1H. The molecule has 4 nitrogen and oxygen atoms in total. The molecule has 1 aromatic heterocycles. The number of aromatic nitrogens is 1. The van der Waals surface area contributed by atoms with Crippen molar-refractivity contribution in [1.29, 1.82) is 0 Å². The van der Waals surface area contributed by atoms with Crippen molar-refractivity contribution in [2.75, 3.05) is 19.6 Å². The lowest BCUT2D eigenvalue weighted by atomic mass is 9.84. The van der Waals surface area contributed by atoms with Crippen LogP contribution in [0.2, 0.25) is 0 Å². The lowest BCUT2D eigenvalue weighted by Crippen LogP contribution is -2.39. The van der Waals surface area contributed by atoms with Gasteiger partial charge in [-0.05, 0) is 56.6 Å². The number of rotatable bonds is 7. The molecular weight excluding hydrogens is 411 g/mol. The average molecular weight is 444 g/mol. The molecular formula is C19H33IN4. The number of guanidine groups is 1. The van der Waals surface area contributed by atoms with Crippen molar-refractivity contribution >= 4 is 29.9 Å². The van der Waals surface area contributed by atoms with Crippen LogP contribution in [0.5, 0.6) is 0 Å². The second-order valence-corrected chi connectivity index (χ2v) is 6.74. The number of aryl methyl sites for hydroxylation is 1. The van der Waals surface area contributed by atoms with Gasteiger partial charge in [-0.15, -0.1) is 24.0 Å². The summed E-state index contributed by atoms with van der Waals surface area (Å²) in [6.07, 6.45) is 9.58. The number of hydrogen-bond donors (Lipinski definition) is 2. The molecule has 1 heterocycles. The first-order valence-corrected chi connectivity index (χ1v) is 9.11. The third-order valence-electron chi connectivity index (χ3n) is 5.01. The lowest BCUT2D eigenvalue weighted by Gasteiger charge is -2.25. The summed E-state index contributed by atoms with van der Waals surface area (Å²) in [5.74, 6) is 0.951. The molecule has 1 aromatic rings. The van der Waals surface area contributed by atoms with Crippen molar-refractivity contribution in [2.24, 2.45) is 10.4 Å². The number of pyridine rings is 1. The van der Waals surface area contributed by atoms with Crippen molar-refractivity contribution in [1.82, 2.24) is 15.6 Å². The zero-order valence-electron chi connectivity index (χ0n) is 15.4. The summed E-state index contributed by atoms with van der Waals surface area (Å²) in [5, 5.41) is 6.83. The Labute approximate surface area is 164 Å². The Morgan fingerprint density at radius 3 is 2.54 bits per heavy atom. The summed E-state index contributed by atoms with van der Waals surface area (Å²) < 4.78 is 0. The highest BCUT2D eigenvalue weighted by atomic mass is 127. The van der Waals surface area contributed by atoms with Crippen molar-refractivity contribution in [3.63, 3.8) is 0 Å². The van der Waals surface area contributed by atoms with E-state index in [0.717, 1.165) is 37.7 Å². The lowest BCUT2D eigenvalue weighted by molar-refractivity contribution is 0.297. The largest absolute Gasteiger partial charge is 0.357 e. The minimum absolute atomic E-state index is 0. The molecule has 0 aromatic carbocycles. The van der Waals surface area contributed by atoms with Crippen LogP contribution in [0.1, 0.15) is 57.2 Å². The maximum atomic E-state index is 4.86. The maximum absolute atomic E-state index is 4.86. The van der Waals surface area contributed by atoms with Crippen LogP contribution in [-0.4, -0.2) is 30.6 Å². The molecule has 0 saturated heterocycles. The molecule has 2 rings (SSSR count). The fourth-order valence-corrected chi connectivity index (χ4v) is 3.31. The molecule has 136 valence electrons. The SMILES string of the molecule is CCNC(=NCC1(CC)CCCC1)NCCc1ccc(C)nc1.I. The van der Waals surface area contributed by atoms with E-state index in [0.29, 0.717) is 5.41 Å². The first-order valence-electron chi connectivity index (χ1n) is 9.11. The van der Waals surface area contributed by atoms with Crippen LogP contribution in [0.3, 0.4) is 0 Å². The van der Waals surface area contributed by atoms with E-state index in [2.05, 4.69) is 41.6 Å². The number of aliphatic imine (C=N–C) groups is 1. The third-order valence-corrected chi connectivity index (χ3v) is 5.01. The van der Waals surface area contributed by atoms with E-state index in [1.165, 1.54) is 37.7 Å². The molecule has 0 spiro atoms. The first-order chi connectivity index (χ1) is 11.2. The Morgan fingerprint density at radius 2 is 1.96 bits per heavy atom. The number of nitrogens with one attached hydrogen (secondary N) is 2. The van der Waals surface area contributed by atoms with Crippen LogP contribution >= 0.6 is 24.0 Å². The van der Waals surface area contributed by atoms with Gasteiger partial charge in [0.2, 0.25) is 0 Å². The highest BCUT2D eigenvalue weighted by Gasteiger charge is 2.31. The topological polar surface area (TPSA) is 49.3 Å². The summed E-state index contributed by atoms with van der Waals surface area (Å²) in [7, 11) is 0. The third kappa shape index (κ3) is 6.57. The first kappa shape index (κ1) is 21.2. The molecule has 1 fully saturated rings. The molecule has 1 aliphatic carbocycles. The van der Waals surface area contributed by atoms with Gasteiger partial charge < -0.3 is 10.6 Å². The van der Waals surface area contributed by atoms with Crippen molar-refractivity contribution in [3.8, 4) is 0 Å². The fraction of sp³-hybridized carbons (Fsp3) is 0.684. The van der Waals surface area contributed by atoms with Crippen LogP contribution in [0.4, 0.5) is 0 Å².